The molecular formula is C17H29N3O. The number of anilines is 1. The first-order chi connectivity index (χ1) is 9.96. The van der Waals surface area contributed by atoms with Crippen LogP contribution in [0.3, 0.4) is 0 Å². The summed E-state index contributed by atoms with van der Waals surface area (Å²) >= 11 is 0. The van der Waals surface area contributed by atoms with E-state index in [4.69, 9.17) is 5.73 Å². The van der Waals surface area contributed by atoms with Gasteiger partial charge in [0, 0.05) is 17.8 Å². The molecule has 1 rings (SSSR count). The highest BCUT2D eigenvalue weighted by Gasteiger charge is 2.29. The molecule has 1 aromatic rings. The van der Waals surface area contributed by atoms with Crippen LogP contribution in [-0.2, 0) is 4.79 Å². The number of nitrogens with zero attached hydrogens (tertiary/aromatic N) is 1. The lowest BCUT2D eigenvalue weighted by molar-refractivity contribution is -0.118. The maximum Gasteiger partial charge on any atom is 0.238 e. The van der Waals surface area contributed by atoms with E-state index in [1.807, 2.05) is 31.2 Å². The Morgan fingerprint density at radius 1 is 1.33 bits per heavy atom. The normalized spacial score (nSPS) is 14.0. The van der Waals surface area contributed by atoms with E-state index in [-0.39, 0.29) is 11.4 Å². The zero-order valence-electron chi connectivity index (χ0n) is 13.8. The Balaban J connectivity index is 2.75. The molecule has 1 aromatic carbocycles. The average molecular weight is 291 g/mol. The molecule has 0 aliphatic heterocycles. The van der Waals surface area contributed by atoms with E-state index in [0.717, 1.165) is 30.6 Å². The Morgan fingerprint density at radius 3 is 2.52 bits per heavy atom. The zero-order chi connectivity index (χ0) is 15.9. The summed E-state index contributed by atoms with van der Waals surface area (Å²) in [5.41, 5.74) is 7.76. The van der Waals surface area contributed by atoms with Crippen LogP contribution in [0.15, 0.2) is 24.3 Å². The number of aryl methyl sites for hydroxylation is 1. The molecule has 4 nitrogen and oxygen atoms in total. The van der Waals surface area contributed by atoms with Gasteiger partial charge in [-0.3, -0.25) is 9.69 Å². The van der Waals surface area contributed by atoms with E-state index in [0.29, 0.717) is 13.1 Å². The van der Waals surface area contributed by atoms with Gasteiger partial charge in [0.15, 0.2) is 0 Å². The van der Waals surface area contributed by atoms with Crippen LogP contribution in [0.25, 0.3) is 0 Å². The number of carbonyl (C=O) groups is 1. The van der Waals surface area contributed by atoms with E-state index in [9.17, 15) is 4.79 Å². The summed E-state index contributed by atoms with van der Waals surface area (Å²) in [7, 11) is 0. The van der Waals surface area contributed by atoms with Crippen LogP contribution in [0.5, 0.6) is 0 Å². The van der Waals surface area contributed by atoms with Gasteiger partial charge in [0.1, 0.15) is 0 Å². The standard InChI is InChI=1S/C17H29N3O/c1-5-11-20(17(4,6-2)13-18)12-16(21)19-15-10-8-7-9-14(15)3/h7-10H,5-6,11-13,18H2,1-4H3,(H,19,21). The van der Waals surface area contributed by atoms with Crippen molar-refractivity contribution in [2.75, 3.05) is 25.0 Å². The summed E-state index contributed by atoms with van der Waals surface area (Å²) < 4.78 is 0. The van der Waals surface area contributed by atoms with E-state index in [2.05, 4.69) is 31.0 Å². The zero-order valence-corrected chi connectivity index (χ0v) is 13.8. The summed E-state index contributed by atoms with van der Waals surface area (Å²) in [4.78, 5) is 14.5. The summed E-state index contributed by atoms with van der Waals surface area (Å²) in [6.07, 6.45) is 1.94. The van der Waals surface area contributed by atoms with Gasteiger partial charge in [0.2, 0.25) is 5.91 Å². The lowest BCUT2D eigenvalue weighted by Crippen LogP contribution is -2.54. The van der Waals surface area contributed by atoms with E-state index >= 15 is 0 Å². The summed E-state index contributed by atoms with van der Waals surface area (Å²) in [5.74, 6) is 0.0193. The first kappa shape index (κ1) is 17.7. The fourth-order valence-electron chi connectivity index (χ4n) is 2.38. The van der Waals surface area contributed by atoms with Gasteiger partial charge in [-0.25, -0.2) is 0 Å². The Hall–Kier alpha value is -1.39. The quantitative estimate of drug-likeness (QED) is 0.774. The molecule has 3 N–H and O–H groups in total. The van der Waals surface area contributed by atoms with Crippen molar-refractivity contribution in [1.82, 2.24) is 4.90 Å². The van der Waals surface area contributed by atoms with Crippen LogP contribution < -0.4 is 11.1 Å². The SMILES string of the molecule is CCCN(CC(=O)Nc1ccccc1C)C(C)(CC)CN. The van der Waals surface area contributed by atoms with Crippen molar-refractivity contribution in [2.45, 2.75) is 46.1 Å². The van der Waals surface area contributed by atoms with E-state index in [1.165, 1.54) is 0 Å². The number of hydrogen-bond acceptors (Lipinski definition) is 3. The lowest BCUT2D eigenvalue weighted by Gasteiger charge is -2.39. The molecule has 0 saturated carbocycles. The molecule has 1 amide bonds. The molecule has 0 radical (unpaired) electrons. The minimum atomic E-state index is -0.126. The van der Waals surface area contributed by atoms with Gasteiger partial charge < -0.3 is 11.1 Å². The monoisotopic (exact) mass is 291 g/mol. The molecule has 1 atom stereocenters. The number of nitrogens with two attached hydrogens (primary N) is 1. The highest BCUT2D eigenvalue weighted by Crippen LogP contribution is 2.19. The molecule has 21 heavy (non-hydrogen) atoms. The summed E-state index contributed by atoms with van der Waals surface area (Å²) in [6, 6.07) is 7.83. The molecule has 0 fully saturated rings. The number of hydrogen-bond donors (Lipinski definition) is 2. The highest BCUT2D eigenvalue weighted by molar-refractivity contribution is 5.93. The molecule has 4 heteroatoms. The summed E-state index contributed by atoms with van der Waals surface area (Å²) in [6.45, 7) is 10.2. The first-order valence-corrected chi connectivity index (χ1v) is 7.77. The van der Waals surface area contributed by atoms with Crippen LogP contribution in [0.4, 0.5) is 5.69 Å². The smallest absolute Gasteiger partial charge is 0.238 e. The van der Waals surface area contributed by atoms with Gasteiger partial charge >= 0.3 is 0 Å². The molecule has 0 heterocycles. The Morgan fingerprint density at radius 2 is 2.00 bits per heavy atom. The van der Waals surface area contributed by atoms with Gasteiger partial charge in [-0.15, -0.1) is 0 Å². The van der Waals surface area contributed by atoms with Crippen LogP contribution in [0, 0.1) is 6.92 Å². The number of carbonyl (C=O) groups excluding carboxylic acids is 1. The Kier molecular flexibility index (Phi) is 6.85. The van der Waals surface area contributed by atoms with Crippen molar-refractivity contribution in [3.63, 3.8) is 0 Å². The van der Waals surface area contributed by atoms with E-state index in [1.54, 1.807) is 0 Å². The molecular weight excluding hydrogens is 262 g/mol. The molecule has 0 bridgehead atoms. The average Bonchev–Trinajstić information content (AvgIpc) is 2.48. The lowest BCUT2D eigenvalue weighted by atomic mass is 9.96. The van der Waals surface area contributed by atoms with Gasteiger partial charge in [-0.2, -0.15) is 0 Å². The van der Waals surface area contributed by atoms with Gasteiger partial charge in [0.05, 0.1) is 6.54 Å². The first-order valence-electron chi connectivity index (χ1n) is 7.77. The predicted octanol–water partition coefficient (Wildman–Crippen LogP) is 2.77. The fourth-order valence-corrected chi connectivity index (χ4v) is 2.38. The van der Waals surface area contributed by atoms with Crippen LogP contribution in [-0.4, -0.2) is 36.0 Å². The number of rotatable bonds is 8. The Bertz CT molecular complexity index is 455. The predicted molar refractivity (Wildman–Crippen MR) is 89.4 cm³/mol. The van der Waals surface area contributed by atoms with Crippen molar-refractivity contribution < 1.29 is 4.79 Å². The minimum absolute atomic E-state index is 0.0193. The minimum Gasteiger partial charge on any atom is -0.329 e. The number of benzene rings is 1. The topological polar surface area (TPSA) is 58.4 Å². The van der Waals surface area contributed by atoms with Crippen molar-refractivity contribution in [3.05, 3.63) is 29.8 Å². The number of para-hydroxylation sites is 1. The largest absolute Gasteiger partial charge is 0.329 e. The third kappa shape index (κ3) is 4.83. The molecule has 0 aromatic heterocycles. The van der Waals surface area contributed by atoms with Crippen LogP contribution in [0.2, 0.25) is 0 Å². The van der Waals surface area contributed by atoms with Gasteiger partial charge in [-0.1, -0.05) is 32.0 Å². The third-order valence-electron chi connectivity index (χ3n) is 4.21. The third-order valence-corrected chi connectivity index (χ3v) is 4.21. The summed E-state index contributed by atoms with van der Waals surface area (Å²) in [5, 5.41) is 3.00. The van der Waals surface area contributed by atoms with Gasteiger partial charge in [-0.05, 0) is 44.9 Å². The van der Waals surface area contributed by atoms with Gasteiger partial charge in [0.25, 0.3) is 0 Å². The second kappa shape index (κ2) is 8.15. The molecule has 1 unspecified atom stereocenters. The fraction of sp³-hybridized carbons (Fsp3) is 0.588. The maximum absolute atomic E-state index is 12.3. The second-order valence-electron chi connectivity index (χ2n) is 5.84. The molecule has 0 spiro atoms. The highest BCUT2D eigenvalue weighted by atomic mass is 16.2. The van der Waals surface area contributed by atoms with Crippen LogP contribution in [0.1, 0.15) is 39.2 Å². The maximum atomic E-state index is 12.3. The Labute approximate surface area is 128 Å². The van der Waals surface area contributed by atoms with Crippen molar-refractivity contribution in [2.24, 2.45) is 5.73 Å². The molecule has 0 aliphatic rings. The van der Waals surface area contributed by atoms with Crippen molar-refractivity contribution in [3.8, 4) is 0 Å². The number of nitrogens with one attached hydrogen (secondary N) is 1. The molecule has 0 saturated heterocycles. The van der Waals surface area contributed by atoms with E-state index < -0.39 is 0 Å². The van der Waals surface area contributed by atoms with Crippen molar-refractivity contribution in [1.29, 1.82) is 0 Å². The van der Waals surface area contributed by atoms with Crippen LogP contribution >= 0.6 is 0 Å². The molecule has 118 valence electrons. The number of amides is 1. The second-order valence-corrected chi connectivity index (χ2v) is 5.84. The van der Waals surface area contributed by atoms with Crippen molar-refractivity contribution >= 4 is 11.6 Å². The molecule has 0 aliphatic carbocycles.